The Labute approximate surface area is 158 Å². The van der Waals surface area contributed by atoms with E-state index in [-0.39, 0.29) is 46.8 Å². The molecule has 1 N–H and O–H groups in total. The zero-order valence-electron chi connectivity index (χ0n) is 12.6. The third-order valence-electron chi connectivity index (χ3n) is 3.00. The van der Waals surface area contributed by atoms with Crippen molar-refractivity contribution < 1.29 is 17.9 Å². The van der Waals surface area contributed by atoms with Crippen LogP contribution in [0.25, 0.3) is 0 Å². The predicted octanol–water partition coefficient (Wildman–Crippen LogP) is 2.71. The van der Waals surface area contributed by atoms with E-state index in [1.54, 1.807) is 12.1 Å². The molecule has 5 nitrogen and oxygen atoms in total. The third-order valence-corrected chi connectivity index (χ3v) is 3.59. The first-order valence-corrected chi connectivity index (χ1v) is 8.51. The second-order valence-corrected chi connectivity index (χ2v) is 6.76. The van der Waals surface area contributed by atoms with Gasteiger partial charge in [0.25, 0.3) is 0 Å². The maximum absolute atomic E-state index is 11.5. The summed E-state index contributed by atoms with van der Waals surface area (Å²) >= 11 is 0. The van der Waals surface area contributed by atoms with Crippen molar-refractivity contribution in [2.75, 3.05) is 11.0 Å². The Balaban J connectivity index is 0.00000264. The van der Waals surface area contributed by atoms with Crippen LogP contribution in [0.5, 0.6) is 11.5 Å². The first kappa shape index (κ1) is 19.7. The number of hydrogen-bond donors (Lipinski definition) is 1. The summed E-state index contributed by atoms with van der Waals surface area (Å²) in [6.07, 6.45) is 1.06. The molecule has 0 heterocycles. The van der Waals surface area contributed by atoms with E-state index >= 15 is 0 Å². The van der Waals surface area contributed by atoms with E-state index in [2.05, 4.69) is 4.72 Å². The van der Waals surface area contributed by atoms with Crippen molar-refractivity contribution in [3.05, 3.63) is 53.6 Å². The van der Waals surface area contributed by atoms with Gasteiger partial charge in [0, 0.05) is 5.56 Å². The van der Waals surface area contributed by atoms with Crippen LogP contribution in [0.3, 0.4) is 0 Å². The van der Waals surface area contributed by atoms with Gasteiger partial charge in [-0.1, -0.05) is 18.2 Å². The Hall–Kier alpha value is -1.34. The van der Waals surface area contributed by atoms with Crippen LogP contribution in [0.2, 0.25) is 0 Å². The minimum absolute atomic E-state index is 0. The van der Waals surface area contributed by atoms with Crippen LogP contribution in [0.4, 0.5) is 5.69 Å². The summed E-state index contributed by atoms with van der Waals surface area (Å²) in [5, 5.41) is 0. The van der Waals surface area contributed by atoms with Gasteiger partial charge >= 0.3 is 29.6 Å². The molecule has 7 heteroatoms. The molecule has 0 radical (unpaired) electrons. The molecular weight excluding hydrogens is 325 g/mol. The maximum atomic E-state index is 11.5. The molecular formula is C16H18NNaO4S. The average molecular weight is 343 g/mol. The predicted molar refractivity (Wildman–Crippen MR) is 93.3 cm³/mol. The second kappa shape index (κ2) is 7.97. The van der Waals surface area contributed by atoms with Crippen molar-refractivity contribution in [3.8, 4) is 11.5 Å². The van der Waals surface area contributed by atoms with Crippen molar-refractivity contribution in [1.82, 2.24) is 0 Å². The van der Waals surface area contributed by atoms with Gasteiger partial charge in [-0.2, -0.15) is 0 Å². The van der Waals surface area contributed by atoms with Gasteiger partial charge in [0.15, 0.2) is 11.5 Å². The molecule has 0 aliphatic rings. The topological polar surface area (TPSA) is 72.5 Å². The van der Waals surface area contributed by atoms with Crippen LogP contribution in [0, 0.1) is 6.92 Å². The van der Waals surface area contributed by atoms with E-state index in [4.69, 9.17) is 4.74 Å². The van der Waals surface area contributed by atoms with E-state index in [9.17, 15) is 13.2 Å². The molecule has 0 aliphatic carbocycles. The van der Waals surface area contributed by atoms with Crippen LogP contribution < -0.4 is 9.46 Å². The third kappa shape index (κ3) is 5.66. The van der Waals surface area contributed by atoms with Gasteiger partial charge in [0.05, 0.1) is 11.9 Å². The monoisotopic (exact) mass is 343 g/mol. The first-order chi connectivity index (χ1) is 10.3. The van der Waals surface area contributed by atoms with E-state index < -0.39 is 10.0 Å². The van der Waals surface area contributed by atoms with Gasteiger partial charge in [-0.3, -0.25) is 9.52 Å². The molecule has 0 spiro atoms. The summed E-state index contributed by atoms with van der Waals surface area (Å²) in [4.78, 5) is 11.5. The van der Waals surface area contributed by atoms with Crippen molar-refractivity contribution in [2.45, 2.75) is 13.8 Å². The number of rotatable bonds is 5. The molecule has 118 valence electrons. The van der Waals surface area contributed by atoms with Crippen LogP contribution in [-0.2, 0) is 10.0 Å². The second-order valence-electron chi connectivity index (χ2n) is 5.01. The summed E-state index contributed by atoms with van der Waals surface area (Å²) in [5.74, 6) is 0.757. The molecule has 0 bridgehead atoms. The SMILES string of the molecule is CC(=O)c1ccc(NS(C)(=O)=O)c(Oc2ccccc2C)c1.[NaH]. The van der Waals surface area contributed by atoms with Crippen molar-refractivity contribution in [2.24, 2.45) is 0 Å². The summed E-state index contributed by atoms with van der Waals surface area (Å²) in [7, 11) is -3.45. The Morgan fingerprint density at radius 2 is 1.74 bits per heavy atom. The van der Waals surface area contributed by atoms with Gasteiger partial charge in [-0.25, -0.2) is 8.42 Å². The van der Waals surface area contributed by atoms with E-state index in [1.807, 2.05) is 25.1 Å². The number of Topliss-reactive ketones (excluding diaryl/α,β-unsaturated/α-hetero) is 1. The molecule has 0 unspecified atom stereocenters. The van der Waals surface area contributed by atoms with Crippen LogP contribution in [-0.4, -0.2) is 50.0 Å². The summed E-state index contributed by atoms with van der Waals surface area (Å²) in [6, 6.07) is 12.0. The molecule has 0 aromatic heterocycles. The van der Waals surface area contributed by atoms with E-state index in [0.29, 0.717) is 11.3 Å². The fourth-order valence-corrected chi connectivity index (χ4v) is 2.47. The Morgan fingerprint density at radius 3 is 2.30 bits per heavy atom. The van der Waals surface area contributed by atoms with Crippen LogP contribution in [0.15, 0.2) is 42.5 Å². The van der Waals surface area contributed by atoms with Crippen molar-refractivity contribution >= 4 is 51.1 Å². The Kier molecular flexibility index (Phi) is 6.83. The number of anilines is 1. The van der Waals surface area contributed by atoms with Gasteiger partial charge < -0.3 is 4.74 Å². The molecule has 0 atom stereocenters. The number of para-hydroxylation sites is 1. The van der Waals surface area contributed by atoms with Gasteiger partial charge in [-0.15, -0.1) is 0 Å². The molecule has 0 saturated carbocycles. The summed E-state index contributed by atoms with van der Waals surface area (Å²) in [5.41, 5.74) is 1.64. The standard InChI is InChI=1S/C16H17NO4S.Na.H/c1-11-6-4-5-7-15(11)21-16-10-13(12(2)18)8-9-14(16)17-22(3,19)20;;/h4-10,17H,1-3H3;;. The van der Waals surface area contributed by atoms with Gasteiger partial charge in [0.1, 0.15) is 5.75 Å². The summed E-state index contributed by atoms with van der Waals surface area (Å²) in [6.45, 7) is 3.32. The fraction of sp³-hybridized carbons (Fsp3) is 0.188. The number of carbonyl (C=O) groups excluding carboxylic acids is 1. The number of aryl methyl sites for hydroxylation is 1. The Bertz CT molecular complexity index is 819. The number of benzene rings is 2. The molecule has 2 aromatic rings. The van der Waals surface area contributed by atoms with E-state index in [0.717, 1.165) is 11.8 Å². The zero-order valence-corrected chi connectivity index (χ0v) is 13.4. The van der Waals surface area contributed by atoms with Crippen molar-refractivity contribution in [3.63, 3.8) is 0 Å². The summed E-state index contributed by atoms with van der Waals surface area (Å²) < 4.78 is 31.1. The Morgan fingerprint density at radius 1 is 1.09 bits per heavy atom. The van der Waals surface area contributed by atoms with Crippen molar-refractivity contribution in [1.29, 1.82) is 0 Å². The first-order valence-electron chi connectivity index (χ1n) is 6.62. The number of nitrogens with one attached hydrogen (secondary N) is 1. The molecule has 2 rings (SSSR count). The molecule has 23 heavy (non-hydrogen) atoms. The normalized spacial score (nSPS) is 10.6. The molecule has 0 saturated heterocycles. The minimum atomic E-state index is -3.45. The van der Waals surface area contributed by atoms with Crippen LogP contribution >= 0.6 is 0 Å². The average Bonchev–Trinajstić information content (AvgIpc) is 2.41. The molecule has 2 aromatic carbocycles. The van der Waals surface area contributed by atoms with Gasteiger partial charge in [0.2, 0.25) is 10.0 Å². The number of sulfonamides is 1. The number of hydrogen-bond acceptors (Lipinski definition) is 4. The molecule has 0 amide bonds. The van der Waals surface area contributed by atoms with E-state index in [1.165, 1.54) is 19.1 Å². The van der Waals surface area contributed by atoms with Gasteiger partial charge in [-0.05, 0) is 43.7 Å². The molecule has 0 fully saturated rings. The fourth-order valence-electron chi connectivity index (χ4n) is 1.90. The number of ketones is 1. The zero-order chi connectivity index (χ0) is 16.3. The van der Waals surface area contributed by atoms with Crippen LogP contribution in [0.1, 0.15) is 22.8 Å². The molecule has 0 aliphatic heterocycles. The number of ether oxygens (including phenoxy) is 1. The number of carbonyl (C=O) groups is 1. The quantitative estimate of drug-likeness (QED) is 0.669.